The lowest BCUT2D eigenvalue weighted by molar-refractivity contribution is -0.119. The van der Waals surface area contributed by atoms with Crippen molar-refractivity contribution < 1.29 is 14.3 Å². The maximum Gasteiger partial charge on any atom is 0.230 e. The van der Waals surface area contributed by atoms with Crippen LogP contribution in [-0.4, -0.2) is 31.6 Å². The summed E-state index contributed by atoms with van der Waals surface area (Å²) in [4.78, 5) is 33.3. The van der Waals surface area contributed by atoms with E-state index >= 15 is 0 Å². The van der Waals surface area contributed by atoms with Gasteiger partial charge in [-0.05, 0) is 63.1 Å². The van der Waals surface area contributed by atoms with Gasteiger partial charge in [0, 0.05) is 17.8 Å². The number of amides is 2. The molecule has 2 aromatic carbocycles. The molecule has 9 heteroatoms. The average Bonchev–Trinajstić information content (AvgIpc) is 3.30. The summed E-state index contributed by atoms with van der Waals surface area (Å²) in [7, 11) is 0. The fourth-order valence-electron chi connectivity index (χ4n) is 3.66. The third-order valence-electron chi connectivity index (χ3n) is 5.75. The van der Waals surface area contributed by atoms with E-state index in [1.807, 2.05) is 76.7 Å². The van der Waals surface area contributed by atoms with Gasteiger partial charge in [0.1, 0.15) is 12.1 Å². The molecule has 0 unspecified atom stereocenters. The molecule has 2 amide bonds. The van der Waals surface area contributed by atoms with Crippen LogP contribution in [0.3, 0.4) is 0 Å². The van der Waals surface area contributed by atoms with Crippen molar-refractivity contribution >= 4 is 34.1 Å². The van der Waals surface area contributed by atoms with Gasteiger partial charge in [0.25, 0.3) is 0 Å². The van der Waals surface area contributed by atoms with Gasteiger partial charge in [-0.2, -0.15) is 5.10 Å². The van der Waals surface area contributed by atoms with Crippen LogP contribution in [0.1, 0.15) is 45.7 Å². The Labute approximate surface area is 216 Å². The van der Waals surface area contributed by atoms with Crippen LogP contribution in [0, 0.1) is 12.8 Å². The quantitative estimate of drug-likeness (QED) is 0.349. The number of rotatable bonds is 7. The number of fused-ring (bicyclic) bond motifs is 1. The van der Waals surface area contributed by atoms with Crippen molar-refractivity contribution in [3.8, 4) is 11.6 Å². The molecule has 0 aliphatic heterocycles. The molecule has 192 valence electrons. The Balaban J connectivity index is 1.47. The van der Waals surface area contributed by atoms with Gasteiger partial charge in [-0.15, -0.1) is 0 Å². The van der Waals surface area contributed by atoms with E-state index in [0.717, 1.165) is 11.1 Å². The normalized spacial score (nSPS) is 11.5. The minimum Gasteiger partial charge on any atom is -0.438 e. The predicted octanol–water partition coefficient (Wildman–Crippen LogP) is 5.46. The Morgan fingerprint density at radius 1 is 1.03 bits per heavy atom. The van der Waals surface area contributed by atoms with E-state index in [1.54, 1.807) is 18.3 Å². The van der Waals surface area contributed by atoms with Crippen LogP contribution >= 0.6 is 0 Å². The molecule has 0 radical (unpaired) electrons. The number of carbonyl (C=O) groups excluding carboxylic acids is 2. The molecule has 2 aromatic heterocycles. The maximum absolute atomic E-state index is 12.6. The fraction of sp³-hybridized carbons (Fsp3) is 0.321. The molecule has 2 heterocycles. The highest BCUT2D eigenvalue weighted by atomic mass is 16.5. The summed E-state index contributed by atoms with van der Waals surface area (Å²) in [5.74, 6) is 0.668. The summed E-state index contributed by atoms with van der Waals surface area (Å²) in [5.41, 5.74) is 3.58. The van der Waals surface area contributed by atoms with Gasteiger partial charge >= 0.3 is 0 Å². The summed E-state index contributed by atoms with van der Waals surface area (Å²) in [6.07, 6.45) is 5.14. The Morgan fingerprint density at radius 3 is 2.49 bits per heavy atom. The molecular weight excluding hydrogens is 468 g/mol. The zero-order valence-corrected chi connectivity index (χ0v) is 22.0. The van der Waals surface area contributed by atoms with Crippen molar-refractivity contribution in [2.75, 3.05) is 10.6 Å². The third-order valence-corrected chi connectivity index (χ3v) is 5.75. The van der Waals surface area contributed by atoms with Crippen molar-refractivity contribution in [2.24, 2.45) is 5.92 Å². The molecule has 9 nitrogen and oxygen atoms in total. The molecule has 0 saturated carbocycles. The van der Waals surface area contributed by atoms with Crippen LogP contribution in [0.5, 0.6) is 11.6 Å². The lowest BCUT2D eigenvalue weighted by Crippen LogP contribution is -2.22. The number of benzene rings is 2. The van der Waals surface area contributed by atoms with Gasteiger partial charge in [-0.3, -0.25) is 14.3 Å². The second-order valence-electron chi connectivity index (χ2n) is 10.3. The number of carbonyl (C=O) groups is 2. The molecule has 0 aliphatic rings. The van der Waals surface area contributed by atoms with Crippen LogP contribution in [-0.2, 0) is 21.5 Å². The summed E-state index contributed by atoms with van der Waals surface area (Å²) >= 11 is 0. The lowest BCUT2D eigenvalue weighted by Gasteiger charge is -2.18. The average molecular weight is 501 g/mol. The highest BCUT2D eigenvalue weighted by Crippen LogP contribution is 2.31. The monoisotopic (exact) mass is 500 g/mol. The standard InChI is InChI=1S/C28H32N6O3/c1-17(2)26(36)33-20-8-9-23-22(13-20)27(30-16-29-23)37-24-10-7-19(11-18(24)3)12-25(35)32-21-14-31-34(15-21)28(4,5)6/h7-11,13-17H,12H2,1-6H3,(H,32,35)(H,33,36). The molecule has 0 fully saturated rings. The smallest absolute Gasteiger partial charge is 0.230 e. The van der Waals surface area contributed by atoms with Crippen LogP contribution in [0.25, 0.3) is 10.9 Å². The van der Waals surface area contributed by atoms with Crippen LogP contribution in [0.15, 0.2) is 55.1 Å². The zero-order chi connectivity index (χ0) is 26.7. The topological polar surface area (TPSA) is 111 Å². The fourth-order valence-corrected chi connectivity index (χ4v) is 3.66. The molecule has 37 heavy (non-hydrogen) atoms. The highest BCUT2D eigenvalue weighted by Gasteiger charge is 2.16. The van der Waals surface area contributed by atoms with Gasteiger partial charge in [0.2, 0.25) is 17.7 Å². The molecule has 2 N–H and O–H groups in total. The highest BCUT2D eigenvalue weighted by molar-refractivity contribution is 5.95. The number of nitrogens with zero attached hydrogens (tertiary/aromatic N) is 4. The molecular formula is C28H32N6O3. The number of nitrogens with one attached hydrogen (secondary N) is 2. The van der Waals surface area contributed by atoms with Gasteiger partial charge in [-0.25, -0.2) is 9.97 Å². The van der Waals surface area contributed by atoms with E-state index in [-0.39, 0.29) is 29.7 Å². The number of hydrogen-bond donors (Lipinski definition) is 2. The summed E-state index contributed by atoms with van der Waals surface area (Å²) in [6, 6.07) is 11.0. The molecule has 4 aromatic rings. The van der Waals surface area contributed by atoms with Gasteiger partial charge in [0.15, 0.2) is 0 Å². The van der Waals surface area contributed by atoms with Gasteiger partial charge < -0.3 is 15.4 Å². The lowest BCUT2D eigenvalue weighted by atomic mass is 10.1. The molecule has 0 bridgehead atoms. The first kappa shape index (κ1) is 25.8. The number of aryl methyl sites for hydroxylation is 1. The number of ether oxygens (including phenoxy) is 1. The summed E-state index contributed by atoms with van der Waals surface area (Å²) in [6.45, 7) is 11.7. The molecule has 0 aliphatic carbocycles. The second kappa shape index (κ2) is 10.4. The Hall–Kier alpha value is -4.27. The largest absolute Gasteiger partial charge is 0.438 e. The van der Waals surface area contributed by atoms with Gasteiger partial charge in [0.05, 0.1) is 34.7 Å². The van der Waals surface area contributed by atoms with E-state index in [2.05, 4.69) is 25.7 Å². The second-order valence-corrected chi connectivity index (χ2v) is 10.3. The predicted molar refractivity (Wildman–Crippen MR) is 144 cm³/mol. The van der Waals surface area contributed by atoms with E-state index in [4.69, 9.17) is 4.74 Å². The molecule has 0 saturated heterocycles. The molecule has 4 rings (SSSR count). The van der Waals surface area contributed by atoms with Crippen molar-refractivity contribution in [3.63, 3.8) is 0 Å². The summed E-state index contributed by atoms with van der Waals surface area (Å²) in [5, 5.41) is 10.8. The molecule has 0 atom stereocenters. The number of hydrogen-bond acceptors (Lipinski definition) is 6. The van der Waals surface area contributed by atoms with Crippen molar-refractivity contribution in [1.29, 1.82) is 0 Å². The Bertz CT molecular complexity index is 1450. The summed E-state index contributed by atoms with van der Waals surface area (Å²) < 4.78 is 7.96. The molecule has 0 spiro atoms. The van der Waals surface area contributed by atoms with Crippen molar-refractivity contribution in [2.45, 2.75) is 53.5 Å². The third kappa shape index (κ3) is 6.30. The Kier molecular flexibility index (Phi) is 7.24. The van der Waals surface area contributed by atoms with Crippen molar-refractivity contribution in [3.05, 3.63) is 66.2 Å². The van der Waals surface area contributed by atoms with Crippen molar-refractivity contribution in [1.82, 2.24) is 19.7 Å². The minimum absolute atomic E-state index is 0.0721. The van der Waals surface area contributed by atoms with Crippen LogP contribution in [0.4, 0.5) is 11.4 Å². The van der Waals surface area contributed by atoms with Gasteiger partial charge in [-0.1, -0.05) is 26.0 Å². The van der Waals surface area contributed by atoms with Crippen LogP contribution < -0.4 is 15.4 Å². The minimum atomic E-state index is -0.158. The first-order valence-corrected chi connectivity index (χ1v) is 12.2. The number of aromatic nitrogens is 4. The van der Waals surface area contributed by atoms with E-state index in [1.165, 1.54) is 6.33 Å². The SMILES string of the molecule is Cc1cc(CC(=O)Nc2cnn(C(C)(C)C)c2)ccc1Oc1ncnc2ccc(NC(=O)C(C)C)cc12. The van der Waals surface area contributed by atoms with E-state index in [9.17, 15) is 9.59 Å². The first-order chi connectivity index (χ1) is 17.5. The van der Waals surface area contributed by atoms with Crippen LogP contribution in [0.2, 0.25) is 0 Å². The zero-order valence-electron chi connectivity index (χ0n) is 22.0. The van der Waals surface area contributed by atoms with E-state index < -0.39 is 0 Å². The Morgan fingerprint density at radius 2 is 1.81 bits per heavy atom. The van der Waals surface area contributed by atoms with E-state index in [0.29, 0.717) is 33.9 Å². The number of anilines is 2. The maximum atomic E-state index is 12.6. The first-order valence-electron chi connectivity index (χ1n) is 12.2.